The van der Waals surface area contributed by atoms with Gasteiger partial charge in [-0.15, -0.1) is 0 Å². The van der Waals surface area contributed by atoms with E-state index in [4.69, 9.17) is 5.11 Å². The van der Waals surface area contributed by atoms with E-state index >= 15 is 0 Å². The smallest absolute Gasteiger partial charge is 0.321 e. The first-order valence-corrected chi connectivity index (χ1v) is 5.41. The number of carboxylic acid groups (broad SMARTS) is 1. The highest BCUT2D eigenvalue weighted by molar-refractivity contribution is 5.91. The standard InChI is InChI=1S/C12H14N2O3/c1-8-3-2-4-10(5-8)13-12(17)14-6-9(7-14)11(15)16/h2-5,9H,6-7H2,1H3,(H,13,17)(H,15,16). The predicted molar refractivity (Wildman–Crippen MR) is 62.9 cm³/mol. The van der Waals surface area contributed by atoms with E-state index in [9.17, 15) is 9.59 Å². The Bertz CT molecular complexity index is 453. The summed E-state index contributed by atoms with van der Waals surface area (Å²) in [4.78, 5) is 23.8. The van der Waals surface area contributed by atoms with Crippen LogP contribution in [0.5, 0.6) is 0 Å². The number of anilines is 1. The minimum absolute atomic E-state index is 0.242. The zero-order valence-corrected chi connectivity index (χ0v) is 9.51. The number of carbonyl (C=O) groups excluding carboxylic acids is 1. The molecule has 1 aliphatic rings. The Morgan fingerprint density at radius 1 is 1.41 bits per heavy atom. The number of nitrogens with zero attached hydrogens (tertiary/aromatic N) is 1. The molecule has 1 aliphatic heterocycles. The van der Waals surface area contributed by atoms with Crippen LogP contribution in [0.2, 0.25) is 0 Å². The van der Waals surface area contributed by atoms with Gasteiger partial charge in [0.05, 0.1) is 5.92 Å². The maximum atomic E-state index is 11.7. The Kier molecular flexibility index (Phi) is 2.99. The predicted octanol–water partition coefficient (Wildman–Crippen LogP) is 1.54. The summed E-state index contributed by atoms with van der Waals surface area (Å²) in [6.45, 7) is 2.51. The summed E-state index contributed by atoms with van der Waals surface area (Å²) in [6.07, 6.45) is 0. The quantitative estimate of drug-likeness (QED) is 0.815. The van der Waals surface area contributed by atoms with Crippen LogP contribution in [0, 0.1) is 12.8 Å². The molecule has 1 heterocycles. The molecular weight excluding hydrogens is 220 g/mol. The second kappa shape index (κ2) is 4.45. The van der Waals surface area contributed by atoms with Crippen LogP contribution in [0.4, 0.5) is 10.5 Å². The number of carboxylic acids is 1. The molecule has 0 atom stereocenters. The fraction of sp³-hybridized carbons (Fsp3) is 0.333. The lowest BCUT2D eigenvalue weighted by Crippen LogP contribution is -2.54. The number of rotatable bonds is 2. The molecule has 1 aromatic rings. The van der Waals surface area contributed by atoms with Gasteiger partial charge in [0.25, 0.3) is 0 Å². The van der Waals surface area contributed by atoms with Crippen molar-refractivity contribution < 1.29 is 14.7 Å². The third-order valence-corrected chi connectivity index (χ3v) is 2.79. The Hall–Kier alpha value is -2.04. The summed E-state index contributed by atoms with van der Waals surface area (Å²) >= 11 is 0. The van der Waals surface area contributed by atoms with Crippen LogP contribution >= 0.6 is 0 Å². The molecule has 5 nitrogen and oxygen atoms in total. The zero-order valence-electron chi connectivity index (χ0n) is 9.51. The van der Waals surface area contributed by atoms with Gasteiger partial charge in [0, 0.05) is 18.8 Å². The molecule has 1 saturated heterocycles. The van der Waals surface area contributed by atoms with Gasteiger partial charge >= 0.3 is 12.0 Å². The highest BCUT2D eigenvalue weighted by atomic mass is 16.4. The van der Waals surface area contributed by atoms with Crippen molar-refractivity contribution in [2.75, 3.05) is 18.4 Å². The van der Waals surface area contributed by atoms with E-state index in [0.29, 0.717) is 0 Å². The van der Waals surface area contributed by atoms with Crippen LogP contribution in [0.1, 0.15) is 5.56 Å². The van der Waals surface area contributed by atoms with Gasteiger partial charge in [-0.3, -0.25) is 4.79 Å². The van der Waals surface area contributed by atoms with Crippen LogP contribution in [0.3, 0.4) is 0 Å². The zero-order chi connectivity index (χ0) is 12.4. The minimum Gasteiger partial charge on any atom is -0.481 e. The lowest BCUT2D eigenvalue weighted by molar-refractivity contribution is -0.145. The van der Waals surface area contributed by atoms with Gasteiger partial charge in [0.1, 0.15) is 0 Å². The third-order valence-electron chi connectivity index (χ3n) is 2.79. The number of hydrogen-bond acceptors (Lipinski definition) is 2. The highest BCUT2D eigenvalue weighted by Crippen LogP contribution is 2.18. The molecule has 0 spiro atoms. The number of nitrogens with one attached hydrogen (secondary N) is 1. The van der Waals surface area contributed by atoms with Gasteiger partial charge < -0.3 is 15.3 Å². The molecule has 2 rings (SSSR count). The summed E-state index contributed by atoms with van der Waals surface area (Å²) in [7, 11) is 0. The van der Waals surface area contributed by atoms with Gasteiger partial charge in [-0.25, -0.2) is 4.79 Å². The van der Waals surface area contributed by atoms with E-state index in [0.717, 1.165) is 11.3 Å². The lowest BCUT2D eigenvalue weighted by Gasteiger charge is -2.36. The van der Waals surface area contributed by atoms with Crippen LogP contribution < -0.4 is 5.32 Å². The van der Waals surface area contributed by atoms with E-state index < -0.39 is 11.9 Å². The van der Waals surface area contributed by atoms with Crippen LogP contribution in [-0.2, 0) is 4.79 Å². The topological polar surface area (TPSA) is 69.6 Å². The normalized spacial score (nSPS) is 15.2. The number of hydrogen-bond donors (Lipinski definition) is 2. The minimum atomic E-state index is -0.843. The summed E-state index contributed by atoms with van der Waals surface area (Å²) in [5.41, 5.74) is 1.79. The van der Waals surface area contributed by atoms with Crippen LogP contribution in [0.15, 0.2) is 24.3 Å². The van der Waals surface area contributed by atoms with E-state index in [1.54, 1.807) is 6.07 Å². The van der Waals surface area contributed by atoms with E-state index in [2.05, 4.69) is 5.32 Å². The molecule has 5 heteroatoms. The van der Waals surface area contributed by atoms with E-state index in [1.165, 1.54) is 4.90 Å². The number of urea groups is 1. The van der Waals surface area contributed by atoms with E-state index in [1.807, 2.05) is 25.1 Å². The van der Waals surface area contributed by atoms with Crippen molar-refractivity contribution in [1.29, 1.82) is 0 Å². The number of benzene rings is 1. The maximum absolute atomic E-state index is 11.7. The van der Waals surface area contributed by atoms with Gasteiger partial charge in [-0.05, 0) is 24.6 Å². The second-order valence-corrected chi connectivity index (χ2v) is 4.24. The van der Waals surface area contributed by atoms with Crippen molar-refractivity contribution in [3.05, 3.63) is 29.8 Å². The molecule has 17 heavy (non-hydrogen) atoms. The van der Waals surface area contributed by atoms with Gasteiger partial charge in [-0.2, -0.15) is 0 Å². The number of likely N-dealkylation sites (tertiary alicyclic amines) is 1. The third kappa shape index (κ3) is 2.55. The molecule has 0 radical (unpaired) electrons. The molecule has 1 aromatic carbocycles. The van der Waals surface area contributed by atoms with Gasteiger partial charge in [0.2, 0.25) is 0 Å². The number of amides is 2. The summed E-state index contributed by atoms with van der Waals surface area (Å²) in [5, 5.41) is 11.4. The molecule has 1 fully saturated rings. The Morgan fingerprint density at radius 2 is 2.12 bits per heavy atom. The molecule has 0 aromatic heterocycles. The van der Waals surface area contributed by atoms with Crippen molar-refractivity contribution >= 4 is 17.7 Å². The van der Waals surface area contributed by atoms with Crippen molar-refractivity contribution in [3.63, 3.8) is 0 Å². The molecule has 2 amide bonds. The van der Waals surface area contributed by atoms with Gasteiger partial charge in [0.15, 0.2) is 0 Å². The lowest BCUT2D eigenvalue weighted by atomic mass is 10.0. The van der Waals surface area contributed by atoms with Crippen LogP contribution in [0.25, 0.3) is 0 Å². The molecule has 0 bridgehead atoms. The fourth-order valence-corrected chi connectivity index (χ4v) is 1.73. The first-order chi connectivity index (χ1) is 8.06. The first kappa shape index (κ1) is 11.4. The first-order valence-electron chi connectivity index (χ1n) is 5.41. The van der Waals surface area contributed by atoms with Crippen molar-refractivity contribution in [1.82, 2.24) is 4.90 Å². The molecule has 0 unspecified atom stereocenters. The Balaban J connectivity index is 1.89. The SMILES string of the molecule is Cc1cccc(NC(=O)N2CC(C(=O)O)C2)c1. The monoisotopic (exact) mass is 234 g/mol. The molecular formula is C12H14N2O3. The van der Waals surface area contributed by atoms with Crippen LogP contribution in [-0.4, -0.2) is 35.1 Å². The molecule has 2 N–H and O–H groups in total. The fourth-order valence-electron chi connectivity index (χ4n) is 1.73. The molecule has 0 saturated carbocycles. The summed E-state index contributed by atoms with van der Waals surface area (Å²) in [6, 6.07) is 7.24. The molecule has 90 valence electrons. The summed E-state index contributed by atoms with van der Waals surface area (Å²) < 4.78 is 0. The Morgan fingerprint density at radius 3 is 2.71 bits per heavy atom. The average molecular weight is 234 g/mol. The van der Waals surface area contributed by atoms with E-state index in [-0.39, 0.29) is 19.1 Å². The second-order valence-electron chi connectivity index (χ2n) is 4.24. The number of aryl methyl sites for hydroxylation is 1. The number of carbonyl (C=O) groups is 2. The maximum Gasteiger partial charge on any atom is 0.321 e. The largest absolute Gasteiger partial charge is 0.481 e. The van der Waals surface area contributed by atoms with Crippen molar-refractivity contribution in [2.45, 2.75) is 6.92 Å². The summed E-state index contributed by atoms with van der Waals surface area (Å²) in [5.74, 6) is -1.26. The number of aliphatic carboxylic acids is 1. The Labute approximate surface area is 99.0 Å². The van der Waals surface area contributed by atoms with Crippen molar-refractivity contribution in [3.8, 4) is 0 Å². The van der Waals surface area contributed by atoms with Crippen molar-refractivity contribution in [2.24, 2.45) is 5.92 Å². The highest BCUT2D eigenvalue weighted by Gasteiger charge is 2.35. The van der Waals surface area contributed by atoms with Gasteiger partial charge in [-0.1, -0.05) is 12.1 Å². The molecule has 0 aliphatic carbocycles. The average Bonchev–Trinajstić information content (AvgIpc) is 2.13.